The third-order valence-electron chi connectivity index (χ3n) is 4.31. The Morgan fingerprint density at radius 3 is 2.76 bits per heavy atom. The molecular weight excluding hydrogens is 266 g/mol. The number of nitrogens with zero attached hydrogens (tertiary/aromatic N) is 1. The maximum Gasteiger partial charge on any atom is 0.412 e. The number of carbonyl (C=O) groups excluding carboxylic acids is 1. The molecule has 1 spiro atoms. The van der Waals surface area contributed by atoms with Crippen molar-refractivity contribution in [2.45, 2.75) is 24.9 Å². The van der Waals surface area contributed by atoms with Crippen molar-refractivity contribution in [2.75, 3.05) is 5.32 Å². The largest absolute Gasteiger partial charge is 0.438 e. The highest BCUT2D eigenvalue weighted by Gasteiger charge is 2.47. The monoisotopic (exact) mass is 279 g/mol. The molecule has 0 unspecified atom stereocenters. The second-order valence-corrected chi connectivity index (χ2v) is 5.52. The van der Waals surface area contributed by atoms with Crippen LogP contribution in [0, 0.1) is 11.3 Å². The molecule has 2 heterocycles. The number of H-pyrrole nitrogens is 1. The first-order valence-corrected chi connectivity index (χ1v) is 6.94. The Morgan fingerprint density at radius 1 is 1.24 bits per heavy atom. The molecule has 5 nitrogen and oxygen atoms in total. The van der Waals surface area contributed by atoms with Gasteiger partial charge in [-0.2, -0.15) is 5.26 Å². The van der Waals surface area contributed by atoms with Gasteiger partial charge in [0.15, 0.2) is 0 Å². The van der Waals surface area contributed by atoms with Gasteiger partial charge in [0, 0.05) is 11.3 Å². The highest BCUT2D eigenvalue weighted by molar-refractivity contribution is 5.89. The highest BCUT2D eigenvalue weighted by Crippen LogP contribution is 2.50. The molecule has 1 aliphatic heterocycles. The number of rotatable bonds is 1. The summed E-state index contributed by atoms with van der Waals surface area (Å²) in [5.74, 6) is 0. The summed E-state index contributed by atoms with van der Waals surface area (Å²) in [5, 5.41) is 11.7. The first-order valence-electron chi connectivity index (χ1n) is 6.94. The molecule has 21 heavy (non-hydrogen) atoms. The maximum atomic E-state index is 11.7. The molecule has 1 amide bonds. The van der Waals surface area contributed by atoms with Gasteiger partial charge < -0.3 is 9.72 Å². The normalized spacial score (nSPS) is 18.1. The number of hydrogen-bond acceptors (Lipinski definition) is 3. The predicted molar refractivity (Wildman–Crippen MR) is 76.6 cm³/mol. The van der Waals surface area contributed by atoms with Crippen molar-refractivity contribution in [3.63, 3.8) is 0 Å². The van der Waals surface area contributed by atoms with Gasteiger partial charge in [-0.25, -0.2) is 4.79 Å². The van der Waals surface area contributed by atoms with Crippen LogP contribution in [0.4, 0.5) is 10.5 Å². The van der Waals surface area contributed by atoms with Crippen molar-refractivity contribution in [3.8, 4) is 17.3 Å². The number of benzene rings is 1. The van der Waals surface area contributed by atoms with E-state index in [0.717, 1.165) is 41.8 Å². The van der Waals surface area contributed by atoms with E-state index in [-0.39, 0.29) is 6.09 Å². The Hall–Kier alpha value is -2.74. The summed E-state index contributed by atoms with van der Waals surface area (Å²) in [4.78, 5) is 14.7. The molecule has 1 aliphatic carbocycles. The minimum Gasteiger partial charge on any atom is -0.438 e. The van der Waals surface area contributed by atoms with Gasteiger partial charge in [0.1, 0.15) is 17.4 Å². The van der Waals surface area contributed by atoms with E-state index in [1.807, 2.05) is 24.3 Å². The molecule has 2 aliphatic rings. The number of fused-ring (bicyclic) bond motifs is 2. The average molecular weight is 279 g/mol. The van der Waals surface area contributed by atoms with Crippen molar-refractivity contribution in [1.29, 1.82) is 5.26 Å². The van der Waals surface area contributed by atoms with Gasteiger partial charge in [-0.1, -0.05) is 6.07 Å². The fraction of sp³-hybridized carbons (Fsp3) is 0.250. The average Bonchev–Trinajstić information content (AvgIpc) is 2.93. The van der Waals surface area contributed by atoms with Crippen LogP contribution >= 0.6 is 0 Å². The summed E-state index contributed by atoms with van der Waals surface area (Å²) in [6, 6.07) is 11.6. The summed E-state index contributed by atoms with van der Waals surface area (Å²) in [5.41, 5.74) is 3.80. The Balaban J connectivity index is 1.81. The molecule has 2 N–H and O–H groups in total. The fourth-order valence-corrected chi connectivity index (χ4v) is 3.06. The van der Waals surface area contributed by atoms with Crippen LogP contribution in [0.5, 0.6) is 0 Å². The van der Waals surface area contributed by atoms with Gasteiger partial charge in [-0.3, -0.25) is 5.32 Å². The zero-order valence-corrected chi connectivity index (χ0v) is 11.3. The third kappa shape index (κ3) is 1.73. The highest BCUT2D eigenvalue weighted by atomic mass is 16.6. The number of aromatic nitrogens is 1. The number of nitriles is 1. The lowest BCUT2D eigenvalue weighted by molar-refractivity contribution is -0.0503. The molecule has 5 heteroatoms. The van der Waals surface area contributed by atoms with Crippen molar-refractivity contribution in [2.24, 2.45) is 0 Å². The van der Waals surface area contributed by atoms with E-state index < -0.39 is 5.60 Å². The summed E-state index contributed by atoms with van der Waals surface area (Å²) in [6.07, 6.45) is 2.43. The van der Waals surface area contributed by atoms with Crippen LogP contribution in [-0.2, 0) is 10.3 Å². The number of anilines is 1. The molecule has 1 fully saturated rings. The number of amides is 1. The van der Waals surface area contributed by atoms with E-state index in [9.17, 15) is 4.79 Å². The number of carbonyl (C=O) groups is 1. The van der Waals surface area contributed by atoms with Crippen LogP contribution in [0.3, 0.4) is 0 Å². The molecule has 0 bridgehead atoms. The van der Waals surface area contributed by atoms with E-state index in [1.54, 1.807) is 6.07 Å². The van der Waals surface area contributed by atoms with Gasteiger partial charge in [-0.15, -0.1) is 0 Å². The second-order valence-electron chi connectivity index (χ2n) is 5.52. The summed E-state index contributed by atoms with van der Waals surface area (Å²) in [6.45, 7) is 0. The van der Waals surface area contributed by atoms with Gasteiger partial charge >= 0.3 is 6.09 Å². The Labute approximate surface area is 121 Å². The van der Waals surface area contributed by atoms with Crippen molar-refractivity contribution >= 4 is 11.8 Å². The lowest BCUT2D eigenvalue weighted by Crippen LogP contribution is -2.44. The van der Waals surface area contributed by atoms with E-state index in [4.69, 9.17) is 10.00 Å². The first-order chi connectivity index (χ1) is 10.2. The maximum absolute atomic E-state index is 11.7. The SMILES string of the molecule is N#Cc1ccc(-c2ccc3c(c2)C2(CCC2)OC(=O)N3)[nH]1. The lowest BCUT2D eigenvalue weighted by atomic mass is 9.73. The standard InChI is InChI=1S/C16H13N3O2/c17-9-11-3-5-13(18-11)10-2-4-14-12(8-10)16(6-1-7-16)21-15(20)19-14/h2-5,8,18H,1,6-7H2,(H,19,20). The Kier molecular flexibility index (Phi) is 2.36. The molecular formula is C16H13N3O2. The molecule has 0 radical (unpaired) electrons. The van der Waals surface area contributed by atoms with Gasteiger partial charge in [0.2, 0.25) is 0 Å². The van der Waals surface area contributed by atoms with E-state index in [1.165, 1.54) is 0 Å². The van der Waals surface area contributed by atoms with Crippen LogP contribution in [0.25, 0.3) is 11.3 Å². The molecule has 0 saturated heterocycles. The zero-order valence-electron chi connectivity index (χ0n) is 11.3. The van der Waals surface area contributed by atoms with Crippen molar-refractivity contribution < 1.29 is 9.53 Å². The molecule has 4 rings (SSSR count). The number of nitrogens with one attached hydrogen (secondary N) is 2. The molecule has 1 aromatic heterocycles. The number of ether oxygens (including phenoxy) is 1. The Morgan fingerprint density at radius 2 is 2.10 bits per heavy atom. The first kappa shape index (κ1) is 12.0. The lowest BCUT2D eigenvalue weighted by Gasteiger charge is -2.44. The van der Waals surface area contributed by atoms with Gasteiger partial charge in [-0.05, 0) is 49.1 Å². The molecule has 1 saturated carbocycles. The summed E-state index contributed by atoms with van der Waals surface area (Å²) in [7, 11) is 0. The van der Waals surface area contributed by atoms with E-state index in [0.29, 0.717) is 5.69 Å². The molecule has 2 aromatic rings. The summed E-state index contributed by atoms with van der Waals surface area (Å²) >= 11 is 0. The van der Waals surface area contributed by atoms with Gasteiger partial charge in [0.25, 0.3) is 0 Å². The van der Waals surface area contributed by atoms with E-state index >= 15 is 0 Å². The summed E-state index contributed by atoms with van der Waals surface area (Å²) < 4.78 is 5.54. The molecule has 104 valence electrons. The third-order valence-corrected chi connectivity index (χ3v) is 4.31. The van der Waals surface area contributed by atoms with Crippen molar-refractivity contribution in [1.82, 2.24) is 4.98 Å². The topological polar surface area (TPSA) is 77.9 Å². The van der Waals surface area contributed by atoms with Crippen LogP contribution in [0.15, 0.2) is 30.3 Å². The predicted octanol–water partition coefficient (Wildman–Crippen LogP) is 3.49. The minimum atomic E-state index is -0.460. The van der Waals surface area contributed by atoms with Crippen LogP contribution in [0.1, 0.15) is 30.5 Å². The van der Waals surface area contributed by atoms with Crippen LogP contribution in [0.2, 0.25) is 0 Å². The van der Waals surface area contributed by atoms with Crippen molar-refractivity contribution in [3.05, 3.63) is 41.6 Å². The Bertz CT molecular complexity index is 781. The number of hydrogen-bond donors (Lipinski definition) is 2. The molecule has 0 atom stereocenters. The van der Waals surface area contributed by atoms with Crippen LogP contribution in [-0.4, -0.2) is 11.1 Å². The van der Waals surface area contributed by atoms with E-state index in [2.05, 4.69) is 16.4 Å². The number of aromatic amines is 1. The molecule has 1 aromatic carbocycles. The van der Waals surface area contributed by atoms with Crippen LogP contribution < -0.4 is 5.32 Å². The fourth-order valence-electron chi connectivity index (χ4n) is 3.06. The van der Waals surface area contributed by atoms with Gasteiger partial charge in [0.05, 0.1) is 5.69 Å². The minimum absolute atomic E-state index is 0.374. The quantitative estimate of drug-likeness (QED) is 0.838. The smallest absolute Gasteiger partial charge is 0.412 e. The zero-order chi connectivity index (χ0) is 14.4. The second kappa shape index (κ2) is 4.13.